The van der Waals surface area contributed by atoms with Crippen molar-refractivity contribution >= 4 is 11.8 Å². The van der Waals surface area contributed by atoms with Crippen LogP contribution in [0.5, 0.6) is 5.75 Å². The summed E-state index contributed by atoms with van der Waals surface area (Å²) in [5, 5.41) is 12.0. The molecular formula is C9H9N3O4. The first-order valence-corrected chi connectivity index (χ1v) is 4.56. The van der Waals surface area contributed by atoms with Crippen molar-refractivity contribution in [2.24, 2.45) is 5.73 Å². The number of carbonyl (C=O) groups excluding carboxylic acids is 2. The Morgan fingerprint density at radius 3 is 2.81 bits per heavy atom. The van der Waals surface area contributed by atoms with Gasteiger partial charge in [0.25, 0.3) is 11.8 Å². The summed E-state index contributed by atoms with van der Waals surface area (Å²) in [7, 11) is 0. The molecule has 0 aromatic carbocycles. The van der Waals surface area contributed by atoms with Gasteiger partial charge in [-0.1, -0.05) is 0 Å². The van der Waals surface area contributed by atoms with Crippen molar-refractivity contribution in [3.63, 3.8) is 0 Å². The standard InChI is InChI=1S/C9H9N3O4/c10-8(15)4-3-12-2-1-11-9(16)5(12)7(14)6(4)13/h3,14H,1-2H2,(H2,10,15)(H,11,16). The molecule has 7 nitrogen and oxygen atoms in total. The van der Waals surface area contributed by atoms with Gasteiger partial charge in [-0.2, -0.15) is 0 Å². The molecule has 0 spiro atoms. The zero-order valence-electron chi connectivity index (χ0n) is 8.19. The maximum atomic E-state index is 11.5. The van der Waals surface area contributed by atoms with Crippen LogP contribution in [-0.2, 0) is 6.54 Å². The van der Waals surface area contributed by atoms with Crippen molar-refractivity contribution < 1.29 is 14.7 Å². The highest BCUT2D eigenvalue weighted by atomic mass is 16.3. The van der Waals surface area contributed by atoms with Crippen LogP contribution in [0.25, 0.3) is 0 Å². The lowest BCUT2D eigenvalue weighted by molar-refractivity contribution is 0.0918. The third kappa shape index (κ3) is 1.33. The minimum atomic E-state index is -0.929. The lowest BCUT2D eigenvalue weighted by Crippen LogP contribution is -2.38. The van der Waals surface area contributed by atoms with Crippen LogP contribution in [0.15, 0.2) is 11.0 Å². The van der Waals surface area contributed by atoms with Gasteiger partial charge in [-0.15, -0.1) is 0 Å². The Kier molecular flexibility index (Phi) is 2.15. The summed E-state index contributed by atoms with van der Waals surface area (Å²) in [6.45, 7) is 0.738. The molecule has 4 N–H and O–H groups in total. The lowest BCUT2D eigenvalue weighted by Gasteiger charge is -2.20. The normalized spacial score (nSPS) is 14.1. The monoisotopic (exact) mass is 223 g/mol. The second-order valence-corrected chi connectivity index (χ2v) is 3.38. The molecule has 0 saturated heterocycles. The predicted molar refractivity (Wildman–Crippen MR) is 53.2 cm³/mol. The maximum absolute atomic E-state index is 11.5. The molecule has 1 aliphatic heterocycles. The number of amides is 2. The molecule has 0 fully saturated rings. The van der Waals surface area contributed by atoms with E-state index in [1.54, 1.807) is 0 Å². The summed E-state index contributed by atoms with van der Waals surface area (Å²) in [5.41, 5.74) is 3.61. The molecule has 0 saturated carbocycles. The average molecular weight is 223 g/mol. The molecular weight excluding hydrogens is 214 g/mol. The Morgan fingerprint density at radius 2 is 2.19 bits per heavy atom. The quantitative estimate of drug-likeness (QED) is 0.531. The Hall–Kier alpha value is -2.31. The van der Waals surface area contributed by atoms with Crippen molar-refractivity contribution in [2.75, 3.05) is 6.54 Å². The highest BCUT2D eigenvalue weighted by Gasteiger charge is 2.25. The molecule has 2 rings (SSSR count). The van der Waals surface area contributed by atoms with E-state index < -0.39 is 23.0 Å². The Morgan fingerprint density at radius 1 is 1.50 bits per heavy atom. The second-order valence-electron chi connectivity index (χ2n) is 3.38. The van der Waals surface area contributed by atoms with Crippen molar-refractivity contribution in [2.45, 2.75) is 6.54 Å². The topological polar surface area (TPSA) is 114 Å². The van der Waals surface area contributed by atoms with E-state index in [2.05, 4.69) is 5.32 Å². The Bertz CT molecular complexity index is 546. The van der Waals surface area contributed by atoms with E-state index in [9.17, 15) is 19.5 Å². The summed E-state index contributed by atoms with van der Waals surface area (Å²) in [6, 6.07) is 0. The zero-order valence-corrected chi connectivity index (χ0v) is 8.19. The number of aromatic nitrogens is 1. The zero-order chi connectivity index (χ0) is 11.9. The summed E-state index contributed by atoms with van der Waals surface area (Å²) in [5.74, 6) is -2.22. The van der Waals surface area contributed by atoms with Crippen LogP contribution in [0.2, 0.25) is 0 Å². The number of nitrogens with one attached hydrogen (secondary N) is 1. The van der Waals surface area contributed by atoms with Gasteiger partial charge in [0.1, 0.15) is 5.56 Å². The van der Waals surface area contributed by atoms with Gasteiger partial charge in [0, 0.05) is 19.3 Å². The fourth-order valence-electron chi connectivity index (χ4n) is 1.61. The molecule has 2 heterocycles. The van der Waals surface area contributed by atoms with E-state index >= 15 is 0 Å². The van der Waals surface area contributed by atoms with E-state index in [0.29, 0.717) is 13.1 Å². The molecule has 1 aromatic rings. The van der Waals surface area contributed by atoms with E-state index in [1.807, 2.05) is 0 Å². The smallest absolute Gasteiger partial charge is 0.271 e. The van der Waals surface area contributed by atoms with Crippen molar-refractivity contribution in [3.8, 4) is 5.75 Å². The van der Waals surface area contributed by atoms with Crippen LogP contribution in [0.3, 0.4) is 0 Å². The average Bonchev–Trinajstić information content (AvgIpc) is 2.22. The SMILES string of the molecule is NC(=O)c1cn2c(c(O)c1=O)C(=O)NCC2. The molecule has 0 aliphatic carbocycles. The van der Waals surface area contributed by atoms with Crippen LogP contribution in [0.4, 0.5) is 0 Å². The van der Waals surface area contributed by atoms with Gasteiger partial charge in [-0.3, -0.25) is 14.4 Å². The first-order chi connectivity index (χ1) is 7.52. The number of primary amides is 1. The molecule has 16 heavy (non-hydrogen) atoms. The van der Waals surface area contributed by atoms with Crippen LogP contribution in [-0.4, -0.2) is 28.0 Å². The van der Waals surface area contributed by atoms with Crippen LogP contribution in [0, 0.1) is 0 Å². The number of pyridine rings is 1. The first-order valence-electron chi connectivity index (χ1n) is 4.56. The maximum Gasteiger partial charge on any atom is 0.271 e. The van der Waals surface area contributed by atoms with Crippen molar-refractivity contribution in [1.29, 1.82) is 0 Å². The summed E-state index contributed by atoms with van der Waals surface area (Å²) in [6.07, 6.45) is 1.19. The van der Waals surface area contributed by atoms with Crippen LogP contribution >= 0.6 is 0 Å². The molecule has 1 aromatic heterocycles. The minimum Gasteiger partial charge on any atom is -0.503 e. The fraction of sp³-hybridized carbons (Fsp3) is 0.222. The highest BCUT2D eigenvalue weighted by molar-refractivity contribution is 5.98. The highest BCUT2D eigenvalue weighted by Crippen LogP contribution is 2.15. The minimum absolute atomic E-state index is 0.138. The number of hydrogen-bond acceptors (Lipinski definition) is 4. The third-order valence-electron chi connectivity index (χ3n) is 2.37. The van der Waals surface area contributed by atoms with Crippen LogP contribution < -0.4 is 16.5 Å². The number of nitrogens with two attached hydrogens (primary N) is 1. The fourth-order valence-corrected chi connectivity index (χ4v) is 1.61. The number of aromatic hydroxyl groups is 1. The van der Waals surface area contributed by atoms with Crippen molar-refractivity contribution in [1.82, 2.24) is 9.88 Å². The number of nitrogens with zero attached hydrogens (tertiary/aromatic N) is 1. The molecule has 0 unspecified atom stereocenters. The van der Waals surface area contributed by atoms with Gasteiger partial charge in [0.15, 0.2) is 11.4 Å². The van der Waals surface area contributed by atoms with Gasteiger partial charge >= 0.3 is 0 Å². The largest absolute Gasteiger partial charge is 0.503 e. The number of carbonyl (C=O) groups is 2. The van der Waals surface area contributed by atoms with Gasteiger partial charge < -0.3 is 20.7 Å². The second kappa shape index (κ2) is 3.37. The molecule has 2 amide bonds. The van der Waals surface area contributed by atoms with Gasteiger partial charge in [-0.25, -0.2) is 0 Å². The van der Waals surface area contributed by atoms with Crippen LogP contribution in [0.1, 0.15) is 20.8 Å². The Labute approximate surface area is 89.5 Å². The number of rotatable bonds is 1. The van der Waals surface area contributed by atoms with Crippen molar-refractivity contribution in [3.05, 3.63) is 27.7 Å². The third-order valence-corrected chi connectivity index (χ3v) is 2.37. The molecule has 0 radical (unpaired) electrons. The molecule has 0 atom stereocenters. The van der Waals surface area contributed by atoms with E-state index in [-0.39, 0.29) is 11.3 Å². The number of hydrogen-bond donors (Lipinski definition) is 3. The first kappa shape index (κ1) is 10.2. The molecule has 0 bridgehead atoms. The molecule has 7 heteroatoms. The molecule has 1 aliphatic rings. The summed E-state index contributed by atoms with van der Waals surface area (Å²) in [4.78, 5) is 33.8. The summed E-state index contributed by atoms with van der Waals surface area (Å²) < 4.78 is 1.34. The summed E-state index contributed by atoms with van der Waals surface area (Å²) >= 11 is 0. The molecule has 84 valence electrons. The van der Waals surface area contributed by atoms with E-state index in [0.717, 1.165) is 0 Å². The van der Waals surface area contributed by atoms with E-state index in [4.69, 9.17) is 5.73 Å². The predicted octanol–water partition coefficient (Wildman–Crippen LogP) is -1.60. The lowest BCUT2D eigenvalue weighted by atomic mass is 10.1. The van der Waals surface area contributed by atoms with E-state index in [1.165, 1.54) is 10.8 Å². The number of fused-ring (bicyclic) bond motifs is 1. The van der Waals surface area contributed by atoms with Gasteiger partial charge in [0.05, 0.1) is 0 Å². The Balaban J connectivity index is 2.76. The van der Waals surface area contributed by atoms with Gasteiger partial charge in [-0.05, 0) is 0 Å². The van der Waals surface area contributed by atoms with Gasteiger partial charge in [0.2, 0.25) is 5.43 Å².